The van der Waals surface area contributed by atoms with Gasteiger partial charge in [-0.05, 0) is 78.0 Å². The van der Waals surface area contributed by atoms with E-state index in [-0.39, 0.29) is 17.5 Å². The summed E-state index contributed by atoms with van der Waals surface area (Å²) in [5, 5.41) is 3.33. The van der Waals surface area contributed by atoms with Crippen molar-refractivity contribution in [3.05, 3.63) is 99.7 Å². The summed E-state index contributed by atoms with van der Waals surface area (Å²) in [4.78, 5) is 20.4. The van der Waals surface area contributed by atoms with E-state index in [9.17, 15) is 9.18 Å². The van der Waals surface area contributed by atoms with Crippen molar-refractivity contribution < 1.29 is 13.9 Å². The number of nitrogens with zero attached hydrogens (tertiary/aromatic N) is 2. The van der Waals surface area contributed by atoms with Gasteiger partial charge in [-0.2, -0.15) is 0 Å². The average molecular weight is 513 g/mol. The highest BCUT2D eigenvalue weighted by Gasteiger charge is 2.26. The molecule has 2 aliphatic rings. The normalized spacial score (nSPS) is 17.6. The Bertz CT molecular complexity index is 1510. The zero-order valence-electron chi connectivity index (χ0n) is 20.9. The number of hydrogen-bond acceptors (Lipinski definition) is 5. The Morgan fingerprint density at radius 3 is 2.97 bits per heavy atom. The molecule has 1 saturated heterocycles. The molecule has 0 radical (unpaired) electrons. The summed E-state index contributed by atoms with van der Waals surface area (Å²) < 4.78 is 21.1. The van der Waals surface area contributed by atoms with Crippen molar-refractivity contribution in [2.45, 2.75) is 32.4 Å². The zero-order valence-corrected chi connectivity index (χ0v) is 21.7. The Morgan fingerprint density at radius 1 is 1.16 bits per heavy atom. The second kappa shape index (κ2) is 10.2. The number of Topliss-reactive ketones (excluding diaryl/α,β-unsaturated/α-hetero) is 1. The summed E-state index contributed by atoms with van der Waals surface area (Å²) >= 11 is 1.74. The molecule has 2 aliphatic heterocycles. The molecular formula is C31H29FN2O2S. The molecule has 4 nitrogen and oxygen atoms in total. The van der Waals surface area contributed by atoms with Crippen LogP contribution in [-0.4, -0.2) is 36.6 Å². The van der Waals surface area contributed by atoms with Crippen molar-refractivity contribution in [2.24, 2.45) is 10.9 Å². The van der Waals surface area contributed by atoms with Gasteiger partial charge in [-0.1, -0.05) is 24.3 Å². The number of likely N-dealkylation sites (tertiary alicyclic amines) is 1. The third-order valence-corrected chi connectivity index (χ3v) is 8.47. The van der Waals surface area contributed by atoms with Crippen molar-refractivity contribution in [3.8, 4) is 5.75 Å². The van der Waals surface area contributed by atoms with E-state index in [0.717, 1.165) is 48.3 Å². The number of benzene rings is 3. The van der Waals surface area contributed by atoms with E-state index in [1.165, 1.54) is 21.7 Å². The van der Waals surface area contributed by atoms with Gasteiger partial charge >= 0.3 is 0 Å². The zero-order chi connectivity index (χ0) is 25.4. The molecule has 37 heavy (non-hydrogen) atoms. The highest BCUT2D eigenvalue weighted by Crippen LogP contribution is 2.30. The van der Waals surface area contributed by atoms with E-state index in [4.69, 9.17) is 9.73 Å². The molecule has 0 saturated carbocycles. The van der Waals surface area contributed by atoms with Crippen LogP contribution in [0.4, 0.5) is 4.39 Å². The van der Waals surface area contributed by atoms with E-state index in [1.807, 2.05) is 12.1 Å². The Kier molecular flexibility index (Phi) is 6.61. The summed E-state index contributed by atoms with van der Waals surface area (Å²) in [7, 11) is 1.57. The highest BCUT2D eigenvalue weighted by atomic mass is 32.1. The van der Waals surface area contributed by atoms with Crippen LogP contribution in [0, 0.1) is 11.7 Å². The molecule has 0 aliphatic carbocycles. The summed E-state index contributed by atoms with van der Waals surface area (Å²) in [6.45, 7) is 2.82. The maximum atomic E-state index is 14.5. The molecule has 0 N–H and O–H groups in total. The van der Waals surface area contributed by atoms with Crippen molar-refractivity contribution in [3.63, 3.8) is 0 Å². The van der Waals surface area contributed by atoms with Gasteiger partial charge < -0.3 is 4.74 Å². The highest BCUT2D eigenvalue weighted by molar-refractivity contribution is 7.17. The fraction of sp³-hybridized carbons (Fsp3) is 0.290. The number of piperidine rings is 1. The van der Waals surface area contributed by atoms with E-state index in [1.54, 1.807) is 30.6 Å². The van der Waals surface area contributed by atoms with Gasteiger partial charge in [-0.3, -0.25) is 14.7 Å². The Hall–Kier alpha value is -3.35. The van der Waals surface area contributed by atoms with Crippen LogP contribution in [0.25, 0.3) is 10.1 Å². The van der Waals surface area contributed by atoms with Gasteiger partial charge in [-0.25, -0.2) is 4.39 Å². The second-order valence-electron chi connectivity index (χ2n) is 10.0. The first-order valence-electron chi connectivity index (χ1n) is 12.8. The average Bonchev–Trinajstić information content (AvgIpc) is 3.56. The topological polar surface area (TPSA) is 41.9 Å². The standard InChI is InChI=1S/C31H29FN2O2S/c1-36-29-6-2-5-27(32)26(29)19-34-12-3-4-20(18-34)14-28(35)21-7-8-24-17-33-31(25(24)16-21)23-9-10-30-22(15-23)11-13-37-30/h2,5-11,13,15-16,20H,3-4,12,14,17-19H2,1H3/t20-/m0/s1. The number of carbonyl (C=O) groups excluding carboxylic acids is 1. The summed E-state index contributed by atoms with van der Waals surface area (Å²) in [5.74, 6) is 0.748. The van der Waals surface area contributed by atoms with Gasteiger partial charge in [0.05, 0.1) is 19.4 Å². The first-order valence-corrected chi connectivity index (χ1v) is 13.7. The molecule has 188 valence electrons. The minimum absolute atomic E-state index is 0.164. The number of fused-ring (bicyclic) bond motifs is 2. The SMILES string of the molecule is COc1cccc(F)c1CN1CCC[C@@H](CC(=O)c2ccc3c(c2)C(c2ccc4sccc4c2)=NC3)C1. The van der Waals surface area contributed by atoms with E-state index < -0.39 is 0 Å². The van der Waals surface area contributed by atoms with Crippen LogP contribution < -0.4 is 4.74 Å². The molecule has 1 aromatic heterocycles. The predicted molar refractivity (Wildman–Crippen MR) is 148 cm³/mol. The smallest absolute Gasteiger partial charge is 0.163 e. The number of rotatable bonds is 7. The number of hydrogen-bond donors (Lipinski definition) is 0. The van der Waals surface area contributed by atoms with Crippen LogP contribution in [0.1, 0.15) is 51.9 Å². The third kappa shape index (κ3) is 4.83. The van der Waals surface area contributed by atoms with Gasteiger partial charge in [0.15, 0.2) is 5.78 Å². The largest absolute Gasteiger partial charge is 0.496 e. The van der Waals surface area contributed by atoms with Gasteiger partial charge in [0.2, 0.25) is 0 Å². The number of carbonyl (C=O) groups is 1. The van der Waals surface area contributed by atoms with Crippen molar-refractivity contribution >= 4 is 32.9 Å². The fourth-order valence-electron chi connectivity index (χ4n) is 5.67. The summed E-state index contributed by atoms with van der Waals surface area (Å²) in [6.07, 6.45) is 2.51. The van der Waals surface area contributed by atoms with Gasteiger partial charge in [0.25, 0.3) is 0 Å². The lowest BCUT2D eigenvalue weighted by Crippen LogP contribution is -2.36. The molecule has 0 unspecified atom stereocenters. The van der Waals surface area contributed by atoms with Crippen LogP contribution in [-0.2, 0) is 13.1 Å². The van der Waals surface area contributed by atoms with E-state index in [0.29, 0.717) is 30.8 Å². The molecule has 0 bridgehead atoms. The van der Waals surface area contributed by atoms with E-state index in [2.05, 4.69) is 40.6 Å². The molecule has 0 spiro atoms. The number of ketones is 1. The fourth-order valence-corrected chi connectivity index (χ4v) is 6.44. The van der Waals surface area contributed by atoms with Crippen LogP contribution >= 0.6 is 11.3 Å². The van der Waals surface area contributed by atoms with Crippen molar-refractivity contribution in [1.29, 1.82) is 0 Å². The van der Waals surface area contributed by atoms with Crippen LogP contribution in [0.2, 0.25) is 0 Å². The predicted octanol–water partition coefficient (Wildman–Crippen LogP) is 6.89. The van der Waals surface area contributed by atoms with Crippen molar-refractivity contribution in [1.82, 2.24) is 4.90 Å². The molecular weight excluding hydrogens is 483 g/mol. The molecule has 3 aromatic carbocycles. The van der Waals surface area contributed by atoms with E-state index >= 15 is 0 Å². The van der Waals surface area contributed by atoms with Crippen LogP contribution in [0.3, 0.4) is 0 Å². The molecule has 3 heterocycles. The first kappa shape index (κ1) is 24.0. The lowest BCUT2D eigenvalue weighted by atomic mass is 9.89. The Morgan fingerprint density at radius 2 is 2.08 bits per heavy atom. The summed E-state index contributed by atoms with van der Waals surface area (Å²) in [6, 6.07) is 19.6. The number of methoxy groups -OCH3 is 1. The lowest BCUT2D eigenvalue weighted by Gasteiger charge is -2.33. The number of ether oxygens (including phenoxy) is 1. The van der Waals surface area contributed by atoms with Crippen LogP contribution in [0.15, 0.2) is 71.0 Å². The van der Waals surface area contributed by atoms with Crippen LogP contribution in [0.5, 0.6) is 5.75 Å². The number of aliphatic imine (C=N–C) groups is 1. The Labute approximate surface area is 220 Å². The maximum Gasteiger partial charge on any atom is 0.163 e. The van der Waals surface area contributed by atoms with Crippen molar-refractivity contribution in [2.75, 3.05) is 20.2 Å². The van der Waals surface area contributed by atoms with Gasteiger partial charge in [-0.15, -0.1) is 11.3 Å². The lowest BCUT2D eigenvalue weighted by molar-refractivity contribution is 0.0911. The Balaban J connectivity index is 1.16. The molecule has 6 rings (SSSR count). The second-order valence-corrected chi connectivity index (χ2v) is 10.9. The quantitative estimate of drug-likeness (QED) is 0.253. The molecule has 0 amide bonds. The molecule has 4 aromatic rings. The minimum atomic E-state index is -0.244. The first-order chi connectivity index (χ1) is 18.1. The molecule has 1 atom stereocenters. The number of thiophene rings is 1. The van der Waals surface area contributed by atoms with Gasteiger partial charge in [0, 0.05) is 46.5 Å². The maximum absolute atomic E-state index is 14.5. The number of halogens is 1. The molecule has 1 fully saturated rings. The molecule has 6 heteroatoms. The van der Waals surface area contributed by atoms with Gasteiger partial charge in [0.1, 0.15) is 11.6 Å². The monoisotopic (exact) mass is 512 g/mol. The third-order valence-electron chi connectivity index (χ3n) is 7.58. The minimum Gasteiger partial charge on any atom is -0.496 e. The summed E-state index contributed by atoms with van der Waals surface area (Å²) in [5.41, 5.74) is 5.64.